The number of nitrogens with one attached hydrogen (secondary N) is 1. The Kier molecular flexibility index (Phi) is 8.24. The predicted octanol–water partition coefficient (Wildman–Crippen LogP) is 4.31. The van der Waals surface area contributed by atoms with E-state index in [2.05, 4.69) is 27.4 Å². The minimum Gasteiger partial charge on any atom is -0.320 e. The number of anilines is 1. The van der Waals surface area contributed by atoms with Crippen molar-refractivity contribution < 1.29 is 4.79 Å². The first-order chi connectivity index (χ1) is 12.7. The number of halogens is 1. The van der Waals surface area contributed by atoms with E-state index < -0.39 is 6.04 Å². The normalized spacial score (nSPS) is 11.5. The number of hydrogen-bond acceptors (Lipinski definition) is 6. The van der Waals surface area contributed by atoms with Gasteiger partial charge in [0.25, 0.3) is 0 Å². The maximum Gasteiger partial charge on any atom is 0.243 e. The number of rotatable bonds is 7. The van der Waals surface area contributed by atoms with Crippen LogP contribution in [0.5, 0.6) is 0 Å². The average molecular weight is 421 g/mol. The summed E-state index contributed by atoms with van der Waals surface area (Å²) in [4.78, 5) is 20.7. The van der Waals surface area contributed by atoms with Crippen LogP contribution in [0.3, 0.4) is 0 Å². The molecular formula is C19H21ClN4OS2. The van der Waals surface area contributed by atoms with Crippen LogP contribution in [-0.2, 0) is 4.79 Å². The van der Waals surface area contributed by atoms with E-state index in [1.807, 2.05) is 35.9 Å². The number of amides is 1. The van der Waals surface area contributed by atoms with Gasteiger partial charge in [-0.05, 0) is 47.8 Å². The molecule has 0 saturated heterocycles. The Bertz CT molecular complexity index is 873. The largest absolute Gasteiger partial charge is 0.320 e. The third-order valence-corrected chi connectivity index (χ3v) is 5.28. The lowest BCUT2D eigenvalue weighted by molar-refractivity contribution is -0.117. The Morgan fingerprint density at radius 2 is 1.96 bits per heavy atom. The van der Waals surface area contributed by atoms with Crippen molar-refractivity contribution in [3.8, 4) is 22.4 Å². The van der Waals surface area contributed by atoms with Gasteiger partial charge < -0.3 is 11.1 Å². The van der Waals surface area contributed by atoms with Gasteiger partial charge in [0, 0.05) is 23.3 Å². The maximum absolute atomic E-state index is 12.1. The molecule has 2 aromatic heterocycles. The summed E-state index contributed by atoms with van der Waals surface area (Å²) in [7, 11) is 0. The van der Waals surface area contributed by atoms with Crippen LogP contribution in [0.25, 0.3) is 22.4 Å². The predicted molar refractivity (Wildman–Crippen MR) is 118 cm³/mol. The molecule has 0 aliphatic rings. The maximum atomic E-state index is 12.1. The standard InChI is InChI=1S/C19H20N4OS2.ClH/c1-25-10-7-16(20)18(24)23-19-22-17(12-26-19)15-4-2-3-14(11-15)13-5-8-21-9-6-13;/h2-6,8-9,11-12,16H,7,10,20H2,1H3,(H,22,23,24);1H/t16-;/m0./s1. The molecule has 27 heavy (non-hydrogen) atoms. The van der Waals surface area contributed by atoms with E-state index in [9.17, 15) is 4.79 Å². The zero-order valence-electron chi connectivity index (χ0n) is 14.8. The van der Waals surface area contributed by atoms with E-state index in [1.54, 1.807) is 24.2 Å². The summed E-state index contributed by atoms with van der Waals surface area (Å²) in [6.45, 7) is 0. The van der Waals surface area contributed by atoms with Crippen molar-refractivity contribution in [3.05, 3.63) is 54.2 Å². The Morgan fingerprint density at radius 3 is 2.70 bits per heavy atom. The highest BCUT2D eigenvalue weighted by Gasteiger charge is 2.15. The van der Waals surface area contributed by atoms with Crippen molar-refractivity contribution in [1.29, 1.82) is 0 Å². The molecule has 1 atom stereocenters. The second-order valence-corrected chi connectivity index (χ2v) is 7.58. The molecule has 0 saturated carbocycles. The molecule has 0 bridgehead atoms. The van der Waals surface area contributed by atoms with Crippen LogP contribution in [-0.4, -0.2) is 33.9 Å². The molecular weight excluding hydrogens is 400 g/mol. The number of carbonyl (C=O) groups is 1. The van der Waals surface area contributed by atoms with Gasteiger partial charge in [-0.3, -0.25) is 9.78 Å². The van der Waals surface area contributed by atoms with E-state index >= 15 is 0 Å². The van der Waals surface area contributed by atoms with Crippen molar-refractivity contribution >= 4 is 46.5 Å². The number of nitrogens with zero attached hydrogens (tertiary/aromatic N) is 2. The first-order valence-electron chi connectivity index (χ1n) is 8.19. The van der Waals surface area contributed by atoms with E-state index in [0.717, 1.165) is 28.1 Å². The molecule has 3 rings (SSSR count). The number of pyridine rings is 1. The number of carbonyl (C=O) groups excluding carboxylic acids is 1. The van der Waals surface area contributed by atoms with Gasteiger partial charge in [-0.1, -0.05) is 18.2 Å². The van der Waals surface area contributed by atoms with Crippen LogP contribution in [0.4, 0.5) is 5.13 Å². The van der Waals surface area contributed by atoms with Crippen molar-refractivity contribution in [1.82, 2.24) is 9.97 Å². The van der Waals surface area contributed by atoms with Crippen LogP contribution < -0.4 is 11.1 Å². The summed E-state index contributed by atoms with van der Waals surface area (Å²) < 4.78 is 0. The quantitative estimate of drug-likeness (QED) is 0.595. The fourth-order valence-electron chi connectivity index (χ4n) is 2.44. The molecule has 0 aliphatic carbocycles. The molecule has 3 aromatic rings. The first kappa shape index (κ1) is 21.4. The first-order valence-corrected chi connectivity index (χ1v) is 10.5. The fraction of sp³-hybridized carbons (Fsp3) is 0.211. The highest BCUT2D eigenvalue weighted by Crippen LogP contribution is 2.28. The highest BCUT2D eigenvalue weighted by atomic mass is 35.5. The van der Waals surface area contributed by atoms with Gasteiger partial charge in [0.1, 0.15) is 0 Å². The molecule has 2 heterocycles. The molecule has 3 N–H and O–H groups in total. The summed E-state index contributed by atoms with van der Waals surface area (Å²) in [5.74, 6) is 0.671. The van der Waals surface area contributed by atoms with E-state index in [1.165, 1.54) is 11.3 Å². The summed E-state index contributed by atoms with van der Waals surface area (Å²) in [6.07, 6.45) is 6.20. The monoisotopic (exact) mass is 420 g/mol. The lowest BCUT2D eigenvalue weighted by Crippen LogP contribution is -2.36. The number of benzene rings is 1. The molecule has 1 aromatic carbocycles. The van der Waals surface area contributed by atoms with E-state index in [-0.39, 0.29) is 18.3 Å². The molecule has 5 nitrogen and oxygen atoms in total. The summed E-state index contributed by atoms with van der Waals surface area (Å²) in [5.41, 5.74) is 9.94. The molecule has 142 valence electrons. The molecule has 0 fully saturated rings. The third-order valence-electron chi connectivity index (χ3n) is 3.88. The number of thioether (sulfide) groups is 1. The highest BCUT2D eigenvalue weighted by molar-refractivity contribution is 7.98. The Labute approximate surface area is 173 Å². The molecule has 1 amide bonds. The Balaban J connectivity index is 0.00000261. The Hall–Kier alpha value is -1.93. The summed E-state index contributed by atoms with van der Waals surface area (Å²) in [5, 5.41) is 5.32. The molecule has 0 radical (unpaired) electrons. The molecule has 0 aliphatic heterocycles. The van der Waals surface area contributed by atoms with Gasteiger partial charge in [0.15, 0.2) is 5.13 Å². The number of aromatic nitrogens is 2. The van der Waals surface area contributed by atoms with Crippen LogP contribution in [0.1, 0.15) is 6.42 Å². The van der Waals surface area contributed by atoms with Gasteiger partial charge in [-0.15, -0.1) is 23.7 Å². The van der Waals surface area contributed by atoms with Gasteiger partial charge >= 0.3 is 0 Å². The topological polar surface area (TPSA) is 80.9 Å². The Morgan fingerprint density at radius 1 is 1.22 bits per heavy atom. The van der Waals surface area contributed by atoms with E-state index in [4.69, 9.17) is 5.73 Å². The van der Waals surface area contributed by atoms with Crippen molar-refractivity contribution in [2.24, 2.45) is 5.73 Å². The number of thiazole rings is 1. The van der Waals surface area contributed by atoms with Crippen LogP contribution in [0, 0.1) is 0 Å². The molecule has 8 heteroatoms. The van der Waals surface area contributed by atoms with Crippen molar-refractivity contribution in [3.63, 3.8) is 0 Å². The zero-order valence-corrected chi connectivity index (χ0v) is 17.2. The zero-order chi connectivity index (χ0) is 18.4. The van der Waals surface area contributed by atoms with Crippen LogP contribution in [0.15, 0.2) is 54.2 Å². The SMILES string of the molecule is CSCC[C@H](N)C(=O)Nc1nc(-c2cccc(-c3ccncc3)c2)cs1.Cl. The average Bonchev–Trinajstić information content (AvgIpc) is 3.15. The second kappa shape index (κ2) is 10.4. The second-order valence-electron chi connectivity index (χ2n) is 5.73. The minimum absolute atomic E-state index is 0. The molecule has 0 spiro atoms. The fourth-order valence-corrected chi connectivity index (χ4v) is 3.65. The van der Waals surface area contributed by atoms with Gasteiger partial charge in [-0.25, -0.2) is 4.98 Å². The number of hydrogen-bond donors (Lipinski definition) is 2. The summed E-state index contributed by atoms with van der Waals surface area (Å²) in [6, 6.07) is 11.6. The van der Waals surface area contributed by atoms with Crippen molar-refractivity contribution in [2.45, 2.75) is 12.5 Å². The lowest BCUT2D eigenvalue weighted by Gasteiger charge is -2.09. The lowest BCUT2D eigenvalue weighted by atomic mass is 10.0. The molecule has 0 unspecified atom stereocenters. The van der Waals surface area contributed by atoms with Gasteiger partial charge in [0.05, 0.1) is 11.7 Å². The van der Waals surface area contributed by atoms with Gasteiger partial charge in [-0.2, -0.15) is 11.8 Å². The van der Waals surface area contributed by atoms with Crippen LogP contribution in [0.2, 0.25) is 0 Å². The van der Waals surface area contributed by atoms with Crippen molar-refractivity contribution in [2.75, 3.05) is 17.3 Å². The third kappa shape index (κ3) is 5.77. The summed E-state index contributed by atoms with van der Waals surface area (Å²) >= 11 is 3.08. The van der Waals surface area contributed by atoms with E-state index in [0.29, 0.717) is 11.6 Å². The number of nitrogens with two attached hydrogens (primary N) is 1. The minimum atomic E-state index is -0.509. The van der Waals surface area contributed by atoms with Crippen LogP contribution >= 0.6 is 35.5 Å². The van der Waals surface area contributed by atoms with Gasteiger partial charge in [0.2, 0.25) is 5.91 Å². The smallest absolute Gasteiger partial charge is 0.243 e.